The fourth-order valence-corrected chi connectivity index (χ4v) is 2.31. The number of hydrogen-bond acceptors (Lipinski definition) is 4. The molecule has 1 aliphatic heterocycles. The monoisotopic (exact) mass is 285 g/mol. The lowest BCUT2D eigenvalue weighted by atomic mass is 10.1. The molecular formula is C15H31N3O2. The Morgan fingerprint density at radius 2 is 2.20 bits per heavy atom. The van der Waals surface area contributed by atoms with Crippen LogP contribution in [-0.2, 0) is 4.74 Å². The Bertz CT molecular complexity index is 283. The van der Waals surface area contributed by atoms with E-state index < -0.39 is 5.60 Å². The Labute approximate surface area is 123 Å². The first-order valence-electron chi connectivity index (χ1n) is 7.84. The molecule has 0 radical (unpaired) electrons. The van der Waals surface area contributed by atoms with Crippen molar-refractivity contribution in [2.45, 2.75) is 58.6 Å². The van der Waals surface area contributed by atoms with Crippen molar-refractivity contribution in [1.29, 1.82) is 0 Å². The summed E-state index contributed by atoms with van der Waals surface area (Å²) >= 11 is 0. The van der Waals surface area contributed by atoms with Gasteiger partial charge in [-0.15, -0.1) is 0 Å². The molecular weight excluding hydrogens is 254 g/mol. The number of hydrogen-bond donors (Lipinski definition) is 2. The number of carbonyl (C=O) groups is 1. The molecule has 1 heterocycles. The molecule has 0 aromatic rings. The Hall–Kier alpha value is -0.810. The molecule has 1 saturated heterocycles. The predicted molar refractivity (Wildman–Crippen MR) is 82.0 cm³/mol. The summed E-state index contributed by atoms with van der Waals surface area (Å²) in [6, 6.07) is 0.584. The van der Waals surface area contributed by atoms with Crippen LogP contribution in [0.5, 0.6) is 0 Å². The number of nitrogens with one attached hydrogen (secondary N) is 2. The summed E-state index contributed by atoms with van der Waals surface area (Å²) in [7, 11) is 0. The molecule has 1 amide bonds. The molecule has 0 saturated carbocycles. The van der Waals surface area contributed by atoms with Crippen LogP contribution in [-0.4, -0.2) is 55.4 Å². The van der Waals surface area contributed by atoms with Gasteiger partial charge in [0.2, 0.25) is 0 Å². The Kier molecular flexibility index (Phi) is 7.30. The molecule has 20 heavy (non-hydrogen) atoms. The lowest BCUT2D eigenvalue weighted by molar-refractivity contribution is 0.0258. The maximum atomic E-state index is 12.0. The summed E-state index contributed by atoms with van der Waals surface area (Å²) in [5, 5.41) is 6.94. The molecule has 1 unspecified atom stereocenters. The molecule has 1 aliphatic rings. The minimum atomic E-state index is -0.420. The zero-order chi connectivity index (χ0) is 15.0. The first kappa shape index (κ1) is 17.2. The molecule has 2 N–H and O–H groups in total. The SMILES string of the molecule is CCN(CCCNC1CCCNC1)C(=O)OC(C)(C)C. The number of piperidine rings is 1. The van der Waals surface area contributed by atoms with Gasteiger partial charge in [0.05, 0.1) is 0 Å². The summed E-state index contributed by atoms with van der Waals surface area (Å²) in [6.45, 7) is 12.3. The van der Waals surface area contributed by atoms with Crippen LogP contribution in [0, 0.1) is 0 Å². The van der Waals surface area contributed by atoms with Gasteiger partial charge in [0.1, 0.15) is 5.60 Å². The van der Waals surface area contributed by atoms with Gasteiger partial charge in [0.15, 0.2) is 0 Å². The maximum absolute atomic E-state index is 12.0. The minimum absolute atomic E-state index is 0.209. The van der Waals surface area contributed by atoms with E-state index in [1.807, 2.05) is 27.7 Å². The van der Waals surface area contributed by atoms with Crippen LogP contribution < -0.4 is 10.6 Å². The summed E-state index contributed by atoms with van der Waals surface area (Å²) in [5.74, 6) is 0. The fourth-order valence-electron chi connectivity index (χ4n) is 2.31. The van der Waals surface area contributed by atoms with Crippen molar-refractivity contribution in [2.75, 3.05) is 32.7 Å². The molecule has 0 spiro atoms. The zero-order valence-electron chi connectivity index (χ0n) is 13.5. The van der Waals surface area contributed by atoms with Crippen molar-refractivity contribution in [3.63, 3.8) is 0 Å². The minimum Gasteiger partial charge on any atom is -0.444 e. The largest absolute Gasteiger partial charge is 0.444 e. The van der Waals surface area contributed by atoms with E-state index in [4.69, 9.17) is 4.74 Å². The van der Waals surface area contributed by atoms with Crippen molar-refractivity contribution in [3.05, 3.63) is 0 Å². The van der Waals surface area contributed by atoms with Gasteiger partial charge in [-0.25, -0.2) is 4.79 Å². The molecule has 5 nitrogen and oxygen atoms in total. The number of ether oxygens (including phenoxy) is 1. The third-order valence-electron chi connectivity index (χ3n) is 3.37. The standard InChI is InChI=1S/C15H31N3O2/c1-5-18(14(19)20-15(2,3)4)11-7-10-17-13-8-6-9-16-12-13/h13,16-17H,5-12H2,1-4H3. The maximum Gasteiger partial charge on any atom is 0.410 e. The van der Waals surface area contributed by atoms with Crippen LogP contribution in [0.2, 0.25) is 0 Å². The third kappa shape index (κ3) is 7.10. The molecule has 1 atom stereocenters. The lowest BCUT2D eigenvalue weighted by Gasteiger charge is -2.27. The molecule has 1 fully saturated rings. The second-order valence-electron chi connectivity index (χ2n) is 6.41. The second-order valence-corrected chi connectivity index (χ2v) is 6.41. The van der Waals surface area contributed by atoms with E-state index in [1.54, 1.807) is 4.90 Å². The normalized spacial score (nSPS) is 19.7. The molecule has 0 aromatic heterocycles. The average Bonchev–Trinajstić information content (AvgIpc) is 2.38. The van der Waals surface area contributed by atoms with Gasteiger partial charge in [-0.3, -0.25) is 0 Å². The number of carbonyl (C=O) groups excluding carboxylic acids is 1. The van der Waals surface area contributed by atoms with Gasteiger partial charge >= 0.3 is 6.09 Å². The van der Waals surface area contributed by atoms with Gasteiger partial charge in [-0.2, -0.15) is 0 Å². The number of amides is 1. The summed E-state index contributed by atoms with van der Waals surface area (Å²) in [6.07, 6.45) is 3.25. The van der Waals surface area contributed by atoms with Crippen LogP contribution in [0.4, 0.5) is 4.79 Å². The Morgan fingerprint density at radius 1 is 1.45 bits per heavy atom. The van der Waals surface area contributed by atoms with Crippen LogP contribution >= 0.6 is 0 Å². The fraction of sp³-hybridized carbons (Fsp3) is 0.933. The second kappa shape index (κ2) is 8.47. The van der Waals surface area contributed by atoms with Crippen LogP contribution in [0.25, 0.3) is 0 Å². The van der Waals surface area contributed by atoms with E-state index in [-0.39, 0.29) is 6.09 Å². The van der Waals surface area contributed by atoms with Crippen LogP contribution in [0.15, 0.2) is 0 Å². The van der Waals surface area contributed by atoms with Gasteiger partial charge in [-0.1, -0.05) is 0 Å². The predicted octanol–water partition coefficient (Wildman–Crippen LogP) is 1.98. The van der Waals surface area contributed by atoms with E-state index in [9.17, 15) is 4.79 Å². The molecule has 5 heteroatoms. The van der Waals surface area contributed by atoms with Gasteiger partial charge in [0, 0.05) is 25.7 Å². The molecule has 0 aliphatic carbocycles. The lowest BCUT2D eigenvalue weighted by Crippen LogP contribution is -2.44. The van der Waals surface area contributed by atoms with E-state index in [2.05, 4.69) is 10.6 Å². The van der Waals surface area contributed by atoms with Crippen LogP contribution in [0.3, 0.4) is 0 Å². The highest BCUT2D eigenvalue weighted by Crippen LogP contribution is 2.10. The summed E-state index contributed by atoms with van der Waals surface area (Å²) in [5.41, 5.74) is -0.420. The highest BCUT2D eigenvalue weighted by molar-refractivity contribution is 5.68. The van der Waals surface area contributed by atoms with Crippen molar-refractivity contribution in [1.82, 2.24) is 15.5 Å². The first-order chi connectivity index (χ1) is 9.42. The summed E-state index contributed by atoms with van der Waals surface area (Å²) < 4.78 is 5.39. The zero-order valence-corrected chi connectivity index (χ0v) is 13.5. The topological polar surface area (TPSA) is 53.6 Å². The van der Waals surface area contributed by atoms with E-state index in [0.29, 0.717) is 12.6 Å². The average molecular weight is 285 g/mol. The van der Waals surface area contributed by atoms with Crippen LogP contribution in [0.1, 0.15) is 47.0 Å². The van der Waals surface area contributed by atoms with E-state index in [1.165, 1.54) is 12.8 Å². The highest BCUT2D eigenvalue weighted by atomic mass is 16.6. The van der Waals surface area contributed by atoms with Crippen molar-refractivity contribution >= 4 is 6.09 Å². The third-order valence-corrected chi connectivity index (χ3v) is 3.37. The van der Waals surface area contributed by atoms with Crippen molar-refractivity contribution in [3.8, 4) is 0 Å². The highest BCUT2D eigenvalue weighted by Gasteiger charge is 2.20. The van der Waals surface area contributed by atoms with Crippen molar-refractivity contribution in [2.24, 2.45) is 0 Å². The molecule has 0 aromatic carbocycles. The van der Waals surface area contributed by atoms with Gasteiger partial charge in [-0.05, 0) is 60.0 Å². The molecule has 1 rings (SSSR count). The van der Waals surface area contributed by atoms with E-state index >= 15 is 0 Å². The Morgan fingerprint density at radius 3 is 2.75 bits per heavy atom. The molecule has 0 bridgehead atoms. The quantitative estimate of drug-likeness (QED) is 0.733. The van der Waals surface area contributed by atoms with E-state index in [0.717, 1.165) is 32.6 Å². The van der Waals surface area contributed by atoms with Crippen molar-refractivity contribution < 1.29 is 9.53 Å². The molecule has 118 valence electrons. The first-order valence-corrected chi connectivity index (χ1v) is 7.84. The van der Waals surface area contributed by atoms with Gasteiger partial charge < -0.3 is 20.3 Å². The number of rotatable bonds is 6. The number of nitrogens with zero attached hydrogens (tertiary/aromatic N) is 1. The summed E-state index contributed by atoms with van der Waals surface area (Å²) in [4.78, 5) is 13.7. The smallest absolute Gasteiger partial charge is 0.410 e. The Balaban J connectivity index is 2.18. The van der Waals surface area contributed by atoms with Gasteiger partial charge in [0.25, 0.3) is 0 Å².